The highest BCUT2D eigenvalue weighted by molar-refractivity contribution is 7.92. The molecule has 1 heterocycles. The highest BCUT2D eigenvalue weighted by Crippen LogP contribution is 2.31. The molecule has 1 amide bonds. The van der Waals surface area contributed by atoms with Gasteiger partial charge in [-0.05, 0) is 73.0 Å². The minimum absolute atomic E-state index is 0.0279. The van der Waals surface area contributed by atoms with Gasteiger partial charge in [0.05, 0.1) is 9.79 Å². The molecule has 0 radical (unpaired) electrons. The third kappa shape index (κ3) is 6.28. The molecule has 1 aliphatic rings. The summed E-state index contributed by atoms with van der Waals surface area (Å²) in [7, 11) is -7.84. The van der Waals surface area contributed by atoms with Gasteiger partial charge in [0.1, 0.15) is 0 Å². The van der Waals surface area contributed by atoms with Crippen LogP contribution in [0.25, 0.3) is 6.08 Å². The van der Waals surface area contributed by atoms with E-state index in [4.69, 9.17) is 9.88 Å². The fourth-order valence-electron chi connectivity index (χ4n) is 4.05. The number of fused-ring (bicyclic) bond motifs is 1. The van der Waals surface area contributed by atoms with E-state index in [-0.39, 0.29) is 27.4 Å². The summed E-state index contributed by atoms with van der Waals surface area (Å²) in [6, 6.07) is 18.2. The van der Waals surface area contributed by atoms with Crippen molar-refractivity contribution in [3.05, 3.63) is 90.0 Å². The number of anilines is 2. The highest BCUT2D eigenvalue weighted by Gasteiger charge is 2.30. The molecule has 198 valence electrons. The average molecular weight is 556 g/mol. The first-order valence-corrected chi connectivity index (χ1v) is 14.5. The zero-order chi connectivity index (χ0) is 27.5. The molecule has 0 fully saturated rings. The van der Waals surface area contributed by atoms with Gasteiger partial charge in [0, 0.05) is 23.5 Å². The summed E-state index contributed by atoms with van der Waals surface area (Å²) in [4.78, 5) is 26.2. The minimum Gasteiger partial charge on any atom is -0.452 e. The number of nitrogens with zero attached hydrogens (tertiary/aromatic N) is 1. The molecule has 12 heteroatoms. The van der Waals surface area contributed by atoms with Crippen LogP contribution in [0.5, 0.6) is 0 Å². The van der Waals surface area contributed by atoms with Crippen LogP contribution in [0.4, 0.5) is 11.4 Å². The maximum Gasteiger partial charge on any atom is 0.331 e. The van der Waals surface area contributed by atoms with Crippen LogP contribution in [0.15, 0.2) is 88.7 Å². The molecule has 0 bridgehead atoms. The Labute approximate surface area is 220 Å². The van der Waals surface area contributed by atoms with Gasteiger partial charge in [-0.25, -0.2) is 26.8 Å². The molecule has 1 atom stereocenters. The van der Waals surface area contributed by atoms with Gasteiger partial charge in [-0.2, -0.15) is 0 Å². The van der Waals surface area contributed by atoms with E-state index in [2.05, 4.69) is 4.72 Å². The Morgan fingerprint density at radius 2 is 1.61 bits per heavy atom. The second-order valence-corrected chi connectivity index (χ2v) is 11.9. The van der Waals surface area contributed by atoms with E-state index in [0.717, 1.165) is 23.7 Å². The van der Waals surface area contributed by atoms with E-state index in [0.29, 0.717) is 5.56 Å². The van der Waals surface area contributed by atoms with Crippen LogP contribution in [-0.4, -0.2) is 41.4 Å². The maximum atomic E-state index is 12.6. The van der Waals surface area contributed by atoms with Crippen molar-refractivity contribution in [3.8, 4) is 0 Å². The van der Waals surface area contributed by atoms with Gasteiger partial charge in [-0.3, -0.25) is 9.52 Å². The van der Waals surface area contributed by atoms with Crippen molar-refractivity contribution >= 4 is 49.4 Å². The molecule has 38 heavy (non-hydrogen) atoms. The summed E-state index contributed by atoms with van der Waals surface area (Å²) in [5, 5.41) is 5.04. The van der Waals surface area contributed by atoms with Gasteiger partial charge >= 0.3 is 5.97 Å². The Hall–Kier alpha value is -4.00. The van der Waals surface area contributed by atoms with Crippen molar-refractivity contribution in [3.63, 3.8) is 0 Å². The predicted octanol–water partition coefficient (Wildman–Crippen LogP) is 2.67. The molecule has 3 aromatic rings. The van der Waals surface area contributed by atoms with Gasteiger partial charge in [0.25, 0.3) is 15.9 Å². The lowest BCUT2D eigenvalue weighted by atomic mass is 10.1. The zero-order valence-corrected chi connectivity index (χ0v) is 21.9. The molecule has 0 spiro atoms. The van der Waals surface area contributed by atoms with Gasteiger partial charge in [0.2, 0.25) is 10.0 Å². The lowest BCUT2D eigenvalue weighted by molar-refractivity contribution is -0.143. The molecule has 0 aliphatic carbocycles. The first-order chi connectivity index (χ1) is 17.9. The van der Waals surface area contributed by atoms with Crippen LogP contribution in [0.2, 0.25) is 0 Å². The lowest BCUT2D eigenvalue weighted by Crippen LogP contribution is -2.38. The summed E-state index contributed by atoms with van der Waals surface area (Å²) in [6.07, 6.45) is 3.34. The van der Waals surface area contributed by atoms with Crippen LogP contribution in [0.1, 0.15) is 18.1 Å². The van der Waals surface area contributed by atoms with Crippen molar-refractivity contribution in [2.45, 2.75) is 29.2 Å². The van der Waals surface area contributed by atoms with Crippen molar-refractivity contribution < 1.29 is 31.2 Å². The first-order valence-electron chi connectivity index (χ1n) is 11.4. The van der Waals surface area contributed by atoms with Gasteiger partial charge in [-0.1, -0.05) is 30.3 Å². The number of nitrogens with one attached hydrogen (secondary N) is 1. The molecule has 10 nitrogen and oxygen atoms in total. The smallest absolute Gasteiger partial charge is 0.331 e. The van der Waals surface area contributed by atoms with Gasteiger partial charge in [-0.15, -0.1) is 0 Å². The third-order valence-electron chi connectivity index (χ3n) is 5.85. The number of ether oxygens (including phenoxy) is 1. The summed E-state index contributed by atoms with van der Waals surface area (Å²) >= 11 is 0. The normalized spacial score (nSPS) is 15.3. The van der Waals surface area contributed by atoms with Crippen LogP contribution < -0.4 is 14.8 Å². The first kappa shape index (κ1) is 27.0. The number of carbonyl (C=O) groups is 2. The molecule has 4 rings (SSSR count). The molecule has 1 aliphatic heterocycles. The number of nitrogens with two attached hydrogens (primary N) is 1. The highest BCUT2D eigenvalue weighted by atomic mass is 32.2. The number of amides is 1. The summed E-state index contributed by atoms with van der Waals surface area (Å²) in [5.74, 6) is -1.02. The summed E-state index contributed by atoms with van der Waals surface area (Å²) in [5.41, 5.74) is 2.58. The predicted molar refractivity (Wildman–Crippen MR) is 142 cm³/mol. The molecule has 0 aromatic heterocycles. The Morgan fingerprint density at radius 1 is 0.974 bits per heavy atom. The number of para-hydroxylation sites is 1. The summed E-state index contributed by atoms with van der Waals surface area (Å²) in [6.45, 7) is 1.53. The van der Waals surface area contributed by atoms with E-state index in [9.17, 15) is 26.4 Å². The van der Waals surface area contributed by atoms with Gasteiger partial charge < -0.3 is 9.64 Å². The SMILES string of the molecule is C[C@@H]1Cc2ccccc2N1C(=O)COC(=O)/C=C/c1ccc(S(=O)(=O)Nc2ccc(S(N)(=O)=O)cc2)cc1. The molecule has 3 aromatic carbocycles. The van der Waals surface area contributed by atoms with Crippen LogP contribution in [-0.2, 0) is 40.8 Å². The van der Waals surface area contributed by atoms with Crippen molar-refractivity contribution in [2.24, 2.45) is 5.14 Å². The minimum atomic E-state index is -3.95. The lowest BCUT2D eigenvalue weighted by Gasteiger charge is -2.22. The molecule has 3 N–H and O–H groups in total. The van der Waals surface area contributed by atoms with Crippen molar-refractivity contribution in [1.82, 2.24) is 0 Å². The number of esters is 1. The quantitative estimate of drug-likeness (QED) is 0.320. The Balaban J connectivity index is 1.33. The fourth-order valence-corrected chi connectivity index (χ4v) is 5.62. The number of sulfonamides is 2. The molecule has 0 saturated heterocycles. The van der Waals surface area contributed by atoms with Crippen molar-refractivity contribution in [2.75, 3.05) is 16.2 Å². The van der Waals surface area contributed by atoms with E-state index < -0.39 is 32.6 Å². The zero-order valence-electron chi connectivity index (χ0n) is 20.3. The monoisotopic (exact) mass is 555 g/mol. The van der Waals surface area contributed by atoms with Crippen LogP contribution in [0, 0.1) is 0 Å². The fraction of sp³-hybridized carbons (Fsp3) is 0.154. The number of benzene rings is 3. The van der Waals surface area contributed by atoms with Gasteiger partial charge in [0.15, 0.2) is 6.61 Å². The largest absolute Gasteiger partial charge is 0.452 e. The average Bonchev–Trinajstić information content (AvgIpc) is 3.21. The van der Waals surface area contributed by atoms with E-state index in [1.807, 2.05) is 31.2 Å². The molecule has 0 unspecified atom stereocenters. The molecule has 0 saturated carbocycles. The standard InChI is InChI=1S/C26H25N3O7S2/c1-18-16-20-4-2-3-5-24(20)29(18)25(30)17-36-26(31)15-8-19-6-11-23(12-7-19)38(34,35)28-21-9-13-22(14-10-21)37(27,32)33/h2-15,18,28H,16-17H2,1H3,(H2,27,32,33)/b15-8+/t18-/m1/s1. The molecular formula is C26H25N3O7S2. The van der Waals surface area contributed by atoms with Crippen LogP contribution in [0.3, 0.4) is 0 Å². The van der Waals surface area contributed by atoms with Crippen LogP contribution >= 0.6 is 0 Å². The maximum absolute atomic E-state index is 12.6. The number of hydrogen-bond donors (Lipinski definition) is 2. The third-order valence-corrected chi connectivity index (χ3v) is 8.18. The Bertz CT molecular complexity index is 1600. The Kier molecular flexibility index (Phi) is 7.67. The second kappa shape index (κ2) is 10.8. The van der Waals surface area contributed by atoms with Crippen molar-refractivity contribution in [1.29, 1.82) is 0 Å². The topological polar surface area (TPSA) is 153 Å². The second-order valence-electron chi connectivity index (χ2n) is 8.63. The van der Waals surface area contributed by atoms with E-state index >= 15 is 0 Å². The number of carbonyl (C=O) groups excluding carboxylic acids is 2. The Morgan fingerprint density at radius 3 is 2.26 bits per heavy atom. The molecular weight excluding hydrogens is 530 g/mol. The number of primary sulfonamides is 1. The summed E-state index contributed by atoms with van der Waals surface area (Å²) < 4.78 is 55.4. The number of hydrogen-bond acceptors (Lipinski definition) is 7. The van der Waals surface area contributed by atoms with E-state index in [1.54, 1.807) is 4.90 Å². The van der Waals surface area contributed by atoms with E-state index in [1.165, 1.54) is 54.6 Å². The number of rotatable bonds is 8.